The fourth-order valence-electron chi connectivity index (χ4n) is 2.78. The lowest BCUT2D eigenvalue weighted by atomic mass is 10.1. The van der Waals surface area contributed by atoms with Crippen LogP contribution in [0.4, 0.5) is 5.00 Å². The summed E-state index contributed by atoms with van der Waals surface area (Å²) < 4.78 is 16.3. The third-order valence-corrected chi connectivity index (χ3v) is 6.53. The number of rotatable bonds is 10. The SMILES string of the molecule is CCOC(=O)c1c(NC(=O)CSc2nnc(COc3ccc(CC)cc3)o2)sc(C)c1C. The summed E-state index contributed by atoms with van der Waals surface area (Å²) in [6.45, 7) is 7.98. The van der Waals surface area contributed by atoms with E-state index in [9.17, 15) is 9.59 Å². The summed E-state index contributed by atoms with van der Waals surface area (Å²) in [7, 11) is 0. The molecule has 0 spiro atoms. The van der Waals surface area contributed by atoms with Gasteiger partial charge in [-0.25, -0.2) is 4.79 Å². The van der Waals surface area contributed by atoms with E-state index in [1.54, 1.807) is 6.92 Å². The summed E-state index contributed by atoms with van der Waals surface area (Å²) in [6, 6.07) is 7.81. The number of benzene rings is 1. The first-order valence-electron chi connectivity index (χ1n) is 10.1. The topological polar surface area (TPSA) is 104 Å². The van der Waals surface area contributed by atoms with Crippen LogP contribution >= 0.6 is 23.1 Å². The molecular weight excluding hydrogens is 450 g/mol. The molecule has 1 N–H and O–H groups in total. The molecule has 170 valence electrons. The Hall–Kier alpha value is -2.85. The number of nitrogens with zero attached hydrogens (tertiary/aromatic N) is 2. The summed E-state index contributed by atoms with van der Waals surface area (Å²) in [5.74, 6) is 0.366. The molecular formula is C22H25N3O5S2. The monoisotopic (exact) mass is 475 g/mol. The summed E-state index contributed by atoms with van der Waals surface area (Å²) in [5.41, 5.74) is 2.44. The van der Waals surface area contributed by atoms with Gasteiger partial charge in [0.15, 0.2) is 6.61 Å². The molecule has 0 atom stereocenters. The van der Waals surface area contributed by atoms with Crippen LogP contribution in [-0.4, -0.2) is 34.4 Å². The zero-order valence-corrected chi connectivity index (χ0v) is 20.0. The zero-order chi connectivity index (χ0) is 23.1. The lowest BCUT2D eigenvalue weighted by molar-refractivity contribution is -0.113. The number of amides is 1. The van der Waals surface area contributed by atoms with E-state index in [-0.39, 0.29) is 30.1 Å². The van der Waals surface area contributed by atoms with Gasteiger partial charge in [0.2, 0.25) is 5.91 Å². The quantitative estimate of drug-likeness (QED) is 0.329. The van der Waals surface area contributed by atoms with Gasteiger partial charge in [-0.05, 0) is 50.5 Å². The van der Waals surface area contributed by atoms with Gasteiger partial charge < -0.3 is 19.2 Å². The molecule has 0 aliphatic heterocycles. The maximum Gasteiger partial charge on any atom is 0.341 e. The van der Waals surface area contributed by atoms with Gasteiger partial charge in [-0.3, -0.25) is 4.79 Å². The molecule has 10 heteroatoms. The summed E-state index contributed by atoms with van der Waals surface area (Å²) in [6.07, 6.45) is 0.966. The Morgan fingerprint density at radius 2 is 1.91 bits per heavy atom. The normalized spacial score (nSPS) is 10.8. The highest BCUT2D eigenvalue weighted by atomic mass is 32.2. The van der Waals surface area contributed by atoms with Crippen molar-refractivity contribution in [2.24, 2.45) is 0 Å². The lowest BCUT2D eigenvalue weighted by Crippen LogP contribution is -2.16. The molecule has 0 aliphatic carbocycles. The highest BCUT2D eigenvalue weighted by molar-refractivity contribution is 7.99. The van der Waals surface area contributed by atoms with Gasteiger partial charge in [-0.2, -0.15) is 0 Å². The van der Waals surface area contributed by atoms with Crippen LogP contribution < -0.4 is 10.1 Å². The van der Waals surface area contributed by atoms with E-state index in [1.165, 1.54) is 16.9 Å². The van der Waals surface area contributed by atoms with Crippen LogP contribution in [0.2, 0.25) is 0 Å². The lowest BCUT2D eigenvalue weighted by Gasteiger charge is -2.06. The molecule has 2 aromatic heterocycles. The summed E-state index contributed by atoms with van der Waals surface area (Å²) >= 11 is 2.46. The second-order valence-corrected chi connectivity index (χ2v) is 8.94. The molecule has 0 saturated heterocycles. The molecule has 0 radical (unpaired) electrons. The van der Waals surface area contributed by atoms with Crippen molar-refractivity contribution < 1.29 is 23.5 Å². The highest BCUT2D eigenvalue weighted by Crippen LogP contribution is 2.33. The molecule has 0 unspecified atom stereocenters. The fourth-order valence-corrected chi connectivity index (χ4v) is 4.42. The Bertz CT molecular complexity index is 1080. The van der Waals surface area contributed by atoms with Crippen molar-refractivity contribution >= 4 is 40.0 Å². The number of thioether (sulfide) groups is 1. The molecule has 3 aromatic rings. The van der Waals surface area contributed by atoms with E-state index >= 15 is 0 Å². The number of hydrogen-bond donors (Lipinski definition) is 1. The average molecular weight is 476 g/mol. The highest BCUT2D eigenvalue weighted by Gasteiger charge is 2.22. The van der Waals surface area contributed by atoms with Crippen molar-refractivity contribution in [3.63, 3.8) is 0 Å². The van der Waals surface area contributed by atoms with Gasteiger partial charge in [0.1, 0.15) is 10.8 Å². The molecule has 8 nitrogen and oxygen atoms in total. The van der Waals surface area contributed by atoms with Gasteiger partial charge >= 0.3 is 5.97 Å². The number of ether oxygens (including phenoxy) is 2. The second-order valence-electron chi connectivity index (χ2n) is 6.79. The minimum Gasteiger partial charge on any atom is -0.484 e. The van der Waals surface area contributed by atoms with Crippen LogP contribution in [0.3, 0.4) is 0 Å². The van der Waals surface area contributed by atoms with Crippen molar-refractivity contribution in [2.45, 2.75) is 45.9 Å². The number of thiophene rings is 1. The third kappa shape index (κ3) is 6.10. The second kappa shape index (κ2) is 11.1. The van der Waals surface area contributed by atoms with Crippen LogP contribution in [-0.2, 0) is 22.6 Å². The molecule has 2 heterocycles. The molecule has 0 saturated carbocycles. The third-order valence-electron chi connectivity index (χ3n) is 4.59. The minimum atomic E-state index is -0.441. The Balaban J connectivity index is 1.52. The zero-order valence-electron chi connectivity index (χ0n) is 18.4. The van der Waals surface area contributed by atoms with Crippen molar-refractivity contribution in [2.75, 3.05) is 17.7 Å². The van der Waals surface area contributed by atoms with Crippen molar-refractivity contribution in [1.29, 1.82) is 0 Å². The van der Waals surface area contributed by atoms with Crippen LogP contribution in [0.15, 0.2) is 33.9 Å². The van der Waals surface area contributed by atoms with Gasteiger partial charge in [0, 0.05) is 4.88 Å². The smallest absolute Gasteiger partial charge is 0.341 e. The molecule has 32 heavy (non-hydrogen) atoms. The van der Waals surface area contributed by atoms with Gasteiger partial charge in [0.05, 0.1) is 17.9 Å². The minimum absolute atomic E-state index is 0.0548. The van der Waals surface area contributed by atoms with E-state index in [4.69, 9.17) is 13.9 Å². The molecule has 0 fully saturated rings. The number of aryl methyl sites for hydroxylation is 2. The number of carbonyl (C=O) groups excluding carboxylic acids is 2. The van der Waals surface area contributed by atoms with E-state index in [1.807, 2.05) is 38.1 Å². The van der Waals surface area contributed by atoms with E-state index in [0.717, 1.165) is 28.6 Å². The van der Waals surface area contributed by atoms with Gasteiger partial charge in [-0.1, -0.05) is 30.8 Å². The van der Waals surface area contributed by atoms with Gasteiger partial charge in [-0.15, -0.1) is 21.5 Å². The van der Waals surface area contributed by atoms with E-state index in [0.29, 0.717) is 22.2 Å². The number of hydrogen-bond acceptors (Lipinski definition) is 9. The van der Waals surface area contributed by atoms with Crippen molar-refractivity contribution in [3.8, 4) is 5.75 Å². The maximum absolute atomic E-state index is 12.4. The fraction of sp³-hybridized carbons (Fsp3) is 0.364. The number of aromatic nitrogens is 2. The molecule has 3 rings (SSSR count). The Morgan fingerprint density at radius 1 is 1.16 bits per heavy atom. The predicted molar refractivity (Wildman–Crippen MR) is 124 cm³/mol. The molecule has 1 aromatic carbocycles. The first-order chi connectivity index (χ1) is 15.4. The Labute approximate surface area is 194 Å². The van der Waals surface area contributed by atoms with Crippen molar-refractivity contribution in [3.05, 3.63) is 51.7 Å². The number of nitrogens with one attached hydrogen (secondary N) is 1. The standard InChI is InChI=1S/C22H25N3O5S2/c1-5-15-7-9-16(10-8-15)29-11-18-24-25-22(30-18)31-12-17(26)23-20-19(21(27)28-6-2)13(3)14(4)32-20/h7-10H,5-6,11-12H2,1-4H3,(H,23,26). The summed E-state index contributed by atoms with van der Waals surface area (Å²) in [4.78, 5) is 25.6. The van der Waals surface area contributed by atoms with Crippen LogP contribution in [0.1, 0.15) is 46.1 Å². The number of carbonyl (C=O) groups is 2. The van der Waals surface area contributed by atoms with E-state index in [2.05, 4.69) is 22.4 Å². The average Bonchev–Trinajstić information content (AvgIpc) is 3.35. The maximum atomic E-state index is 12.4. The molecule has 1 amide bonds. The number of anilines is 1. The first-order valence-corrected chi connectivity index (χ1v) is 11.9. The summed E-state index contributed by atoms with van der Waals surface area (Å²) in [5, 5.41) is 11.4. The predicted octanol–water partition coefficient (Wildman–Crippen LogP) is 4.80. The van der Waals surface area contributed by atoms with Crippen LogP contribution in [0.5, 0.6) is 5.75 Å². The molecule has 0 aliphatic rings. The molecule has 0 bridgehead atoms. The first kappa shape index (κ1) is 23.8. The van der Waals surface area contributed by atoms with Gasteiger partial charge in [0.25, 0.3) is 11.1 Å². The van der Waals surface area contributed by atoms with E-state index < -0.39 is 5.97 Å². The number of esters is 1. The van der Waals surface area contributed by atoms with Crippen LogP contribution in [0.25, 0.3) is 0 Å². The van der Waals surface area contributed by atoms with Crippen molar-refractivity contribution in [1.82, 2.24) is 10.2 Å². The Kier molecular flexibility index (Phi) is 8.29. The van der Waals surface area contributed by atoms with Crippen LogP contribution in [0, 0.1) is 13.8 Å². The largest absolute Gasteiger partial charge is 0.484 e. The Morgan fingerprint density at radius 3 is 2.59 bits per heavy atom.